The fourth-order valence-corrected chi connectivity index (χ4v) is 3.43. The van der Waals surface area contributed by atoms with Crippen LogP contribution >= 0.6 is 11.6 Å². The molecule has 2 aromatic rings. The first-order valence-corrected chi connectivity index (χ1v) is 9.62. The Hall–Kier alpha value is -1.95. The van der Waals surface area contributed by atoms with Crippen LogP contribution in [0.25, 0.3) is 0 Å². The Morgan fingerprint density at radius 3 is 2.56 bits per heavy atom. The summed E-state index contributed by atoms with van der Waals surface area (Å²) in [6.07, 6.45) is -0.529. The Kier molecular flexibility index (Phi) is 6.83. The highest BCUT2D eigenvalue weighted by Gasteiger charge is 2.21. The molecule has 0 saturated carbocycles. The molecular formula is C21H27ClN2O3. The van der Waals surface area contributed by atoms with Crippen molar-refractivity contribution in [2.75, 3.05) is 51.3 Å². The molecule has 1 heterocycles. The monoisotopic (exact) mass is 390 g/mol. The summed E-state index contributed by atoms with van der Waals surface area (Å²) in [5.41, 5.74) is 2.10. The Morgan fingerprint density at radius 1 is 1.11 bits per heavy atom. The molecule has 1 atom stereocenters. The van der Waals surface area contributed by atoms with E-state index in [-0.39, 0.29) is 6.61 Å². The van der Waals surface area contributed by atoms with Gasteiger partial charge in [0.05, 0.1) is 12.8 Å². The molecule has 1 aliphatic rings. The van der Waals surface area contributed by atoms with Gasteiger partial charge in [0.15, 0.2) is 0 Å². The van der Waals surface area contributed by atoms with Crippen LogP contribution in [0, 0.1) is 6.92 Å². The fourth-order valence-electron chi connectivity index (χ4n) is 3.31. The number of benzene rings is 2. The summed E-state index contributed by atoms with van der Waals surface area (Å²) in [6, 6.07) is 13.6. The van der Waals surface area contributed by atoms with E-state index in [1.54, 1.807) is 7.11 Å². The van der Waals surface area contributed by atoms with Crippen LogP contribution < -0.4 is 14.4 Å². The highest BCUT2D eigenvalue weighted by Crippen LogP contribution is 2.28. The second-order valence-electron chi connectivity index (χ2n) is 6.84. The zero-order valence-corrected chi connectivity index (χ0v) is 16.7. The zero-order chi connectivity index (χ0) is 19.2. The number of β-amino-alcohol motifs (C(OH)–C–C–N with tert-alkyl or cyclic N) is 1. The number of rotatable bonds is 7. The van der Waals surface area contributed by atoms with Crippen molar-refractivity contribution in [2.24, 2.45) is 0 Å². The fraction of sp³-hybridized carbons (Fsp3) is 0.429. The molecule has 0 radical (unpaired) electrons. The molecule has 1 aliphatic heterocycles. The Balaban J connectivity index is 1.45. The van der Waals surface area contributed by atoms with Crippen molar-refractivity contribution in [2.45, 2.75) is 13.0 Å². The van der Waals surface area contributed by atoms with Crippen LogP contribution in [0.15, 0.2) is 42.5 Å². The molecule has 0 spiro atoms. The average Bonchev–Trinajstić information content (AvgIpc) is 2.69. The molecule has 3 rings (SSSR count). The van der Waals surface area contributed by atoms with Crippen molar-refractivity contribution in [1.82, 2.24) is 4.90 Å². The van der Waals surface area contributed by atoms with Crippen LogP contribution in [-0.2, 0) is 0 Å². The minimum atomic E-state index is -0.529. The van der Waals surface area contributed by atoms with Gasteiger partial charge in [-0.15, -0.1) is 0 Å². The number of piperazine rings is 1. The third-order valence-corrected chi connectivity index (χ3v) is 5.26. The third-order valence-electron chi connectivity index (χ3n) is 4.84. The number of hydrogen-bond acceptors (Lipinski definition) is 5. The molecule has 2 aromatic carbocycles. The molecule has 1 N–H and O–H groups in total. The van der Waals surface area contributed by atoms with Gasteiger partial charge in [-0.3, -0.25) is 4.90 Å². The van der Waals surface area contributed by atoms with E-state index in [0.29, 0.717) is 6.54 Å². The summed E-state index contributed by atoms with van der Waals surface area (Å²) in [7, 11) is 1.70. The van der Waals surface area contributed by atoms with E-state index in [0.717, 1.165) is 54.0 Å². The number of aryl methyl sites for hydroxylation is 1. The summed E-state index contributed by atoms with van der Waals surface area (Å²) in [5.74, 6) is 1.63. The minimum Gasteiger partial charge on any atom is -0.495 e. The Bertz CT molecular complexity index is 748. The number of anilines is 1. The van der Waals surface area contributed by atoms with Crippen LogP contribution in [0.5, 0.6) is 11.5 Å². The van der Waals surface area contributed by atoms with Gasteiger partial charge >= 0.3 is 0 Å². The zero-order valence-electron chi connectivity index (χ0n) is 15.9. The van der Waals surface area contributed by atoms with Crippen LogP contribution in [-0.4, -0.2) is 62.6 Å². The lowest BCUT2D eigenvalue weighted by Gasteiger charge is -2.37. The second kappa shape index (κ2) is 9.31. The molecule has 0 bridgehead atoms. The summed E-state index contributed by atoms with van der Waals surface area (Å²) < 4.78 is 11.2. The highest BCUT2D eigenvalue weighted by atomic mass is 35.5. The Morgan fingerprint density at radius 2 is 1.85 bits per heavy atom. The lowest BCUT2D eigenvalue weighted by molar-refractivity contribution is 0.0662. The largest absolute Gasteiger partial charge is 0.495 e. The molecule has 5 nitrogen and oxygen atoms in total. The van der Waals surface area contributed by atoms with Crippen LogP contribution in [0.4, 0.5) is 5.69 Å². The standard InChI is InChI=1S/C21H27ClN2O3/c1-16-13-18(7-8-19(16)22)27-15-17(25)14-23-9-11-24(12-10-23)20-5-3-4-6-21(20)26-2/h3-8,13,17,25H,9-12,14-15H2,1-2H3/t17-/m0/s1. The van der Waals surface area contributed by atoms with Crippen molar-refractivity contribution in [3.63, 3.8) is 0 Å². The third kappa shape index (κ3) is 5.28. The van der Waals surface area contributed by atoms with Crippen molar-refractivity contribution in [1.29, 1.82) is 0 Å². The van der Waals surface area contributed by atoms with Gasteiger partial charge in [0.25, 0.3) is 0 Å². The molecule has 1 saturated heterocycles. The maximum Gasteiger partial charge on any atom is 0.142 e. The average molecular weight is 391 g/mol. The van der Waals surface area contributed by atoms with E-state index in [2.05, 4.69) is 15.9 Å². The predicted octanol–water partition coefficient (Wildman–Crippen LogP) is 3.22. The van der Waals surface area contributed by atoms with Crippen molar-refractivity contribution in [3.05, 3.63) is 53.1 Å². The molecule has 146 valence electrons. The van der Waals surface area contributed by atoms with E-state index in [1.807, 2.05) is 43.3 Å². The molecule has 6 heteroatoms. The van der Waals surface area contributed by atoms with E-state index in [4.69, 9.17) is 21.1 Å². The van der Waals surface area contributed by atoms with Gasteiger partial charge < -0.3 is 19.5 Å². The smallest absolute Gasteiger partial charge is 0.142 e. The van der Waals surface area contributed by atoms with Gasteiger partial charge in [0, 0.05) is 37.7 Å². The van der Waals surface area contributed by atoms with Crippen LogP contribution in [0.2, 0.25) is 5.02 Å². The van der Waals surface area contributed by atoms with Crippen LogP contribution in [0.1, 0.15) is 5.56 Å². The van der Waals surface area contributed by atoms with Gasteiger partial charge in [-0.2, -0.15) is 0 Å². The number of ether oxygens (including phenoxy) is 2. The highest BCUT2D eigenvalue weighted by molar-refractivity contribution is 6.31. The molecule has 0 amide bonds. The molecule has 0 unspecified atom stereocenters. The van der Waals surface area contributed by atoms with Crippen molar-refractivity contribution in [3.8, 4) is 11.5 Å². The summed E-state index contributed by atoms with van der Waals surface area (Å²) >= 11 is 6.02. The SMILES string of the molecule is COc1ccccc1N1CCN(C[C@H](O)COc2ccc(Cl)c(C)c2)CC1. The predicted molar refractivity (Wildman–Crippen MR) is 109 cm³/mol. The van der Waals surface area contributed by atoms with Crippen molar-refractivity contribution >= 4 is 17.3 Å². The summed E-state index contributed by atoms with van der Waals surface area (Å²) in [6.45, 7) is 6.42. The van der Waals surface area contributed by atoms with E-state index in [1.165, 1.54) is 0 Å². The van der Waals surface area contributed by atoms with E-state index < -0.39 is 6.10 Å². The lowest BCUT2D eigenvalue weighted by Crippen LogP contribution is -2.49. The maximum absolute atomic E-state index is 10.3. The molecule has 27 heavy (non-hydrogen) atoms. The maximum atomic E-state index is 10.3. The molecular weight excluding hydrogens is 364 g/mol. The number of nitrogens with zero attached hydrogens (tertiary/aromatic N) is 2. The summed E-state index contributed by atoms with van der Waals surface area (Å²) in [5, 5.41) is 11.0. The molecule has 0 aliphatic carbocycles. The minimum absolute atomic E-state index is 0.272. The number of aliphatic hydroxyl groups is 1. The van der Waals surface area contributed by atoms with E-state index in [9.17, 15) is 5.11 Å². The number of halogens is 1. The number of methoxy groups -OCH3 is 1. The first-order valence-electron chi connectivity index (χ1n) is 9.24. The lowest BCUT2D eigenvalue weighted by atomic mass is 10.2. The van der Waals surface area contributed by atoms with Gasteiger partial charge in [0.2, 0.25) is 0 Å². The van der Waals surface area contributed by atoms with Gasteiger partial charge in [-0.1, -0.05) is 23.7 Å². The number of para-hydroxylation sites is 2. The number of hydrogen-bond donors (Lipinski definition) is 1. The van der Waals surface area contributed by atoms with E-state index >= 15 is 0 Å². The normalized spacial score (nSPS) is 16.2. The van der Waals surface area contributed by atoms with Crippen LogP contribution in [0.3, 0.4) is 0 Å². The van der Waals surface area contributed by atoms with Gasteiger partial charge in [0.1, 0.15) is 24.2 Å². The van der Waals surface area contributed by atoms with Gasteiger partial charge in [-0.25, -0.2) is 0 Å². The summed E-state index contributed by atoms with van der Waals surface area (Å²) in [4.78, 5) is 4.60. The molecule has 1 fully saturated rings. The Labute approximate surface area is 166 Å². The van der Waals surface area contributed by atoms with Crippen molar-refractivity contribution < 1.29 is 14.6 Å². The first-order chi connectivity index (χ1) is 13.1. The molecule has 0 aromatic heterocycles. The topological polar surface area (TPSA) is 45.2 Å². The number of aliphatic hydroxyl groups excluding tert-OH is 1. The quantitative estimate of drug-likeness (QED) is 0.786. The second-order valence-corrected chi connectivity index (χ2v) is 7.24. The first kappa shape index (κ1) is 19.8. The van der Waals surface area contributed by atoms with Gasteiger partial charge in [-0.05, 0) is 42.8 Å².